The Morgan fingerprint density at radius 1 is 0.923 bits per heavy atom. The van der Waals surface area contributed by atoms with Gasteiger partial charge in [0, 0.05) is 130 Å². The topological polar surface area (TPSA) is 141 Å². The maximum Gasteiger partial charge on any atom is 0.264 e. The molecular formula is C48H52F2N10O5. The lowest BCUT2D eigenvalue weighted by Gasteiger charge is -2.44. The lowest BCUT2D eigenvalue weighted by molar-refractivity contribution is -0.137. The molecule has 65 heavy (non-hydrogen) atoms. The molecule has 0 saturated carbocycles. The van der Waals surface area contributed by atoms with Crippen LogP contribution in [0.5, 0.6) is 5.75 Å². The lowest BCUT2D eigenvalue weighted by Crippen LogP contribution is -2.52. The number of imide groups is 1. The second-order valence-corrected chi connectivity index (χ2v) is 18.5. The van der Waals surface area contributed by atoms with Crippen LogP contribution in [-0.2, 0) is 40.3 Å². The Morgan fingerprint density at radius 2 is 1.75 bits per heavy atom. The van der Waals surface area contributed by atoms with Crippen LogP contribution < -0.4 is 19.9 Å². The molecular weight excluding hydrogens is 835 g/mol. The van der Waals surface area contributed by atoms with E-state index in [1.807, 2.05) is 27.5 Å². The first-order chi connectivity index (χ1) is 31.5. The van der Waals surface area contributed by atoms with Crippen LogP contribution in [0.4, 0.5) is 26.0 Å². The van der Waals surface area contributed by atoms with Crippen molar-refractivity contribution < 1.29 is 32.7 Å². The van der Waals surface area contributed by atoms with Gasteiger partial charge in [-0.1, -0.05) is 0 Å². The quantitative estimate of drug-likeness (QED) is 0.184. The van der Waals surface area contributed by atoms with E-state index in [1.54, 1.807) is 49.7 Å². The fraction of sp³-hybridized carbons (Fsp3) is 0.458. The van der Waals surface area contributed by atoms with Crippen molar-refractivity contribution in [3.63, 3.8) is 0 Å². The van der Waals surface area contributed by atoms with Gasteiger partial charge in [0.1, 0.15) is 17.4 Å². The summed E-state index contributed by atoms with van der Waals surface area (Å²) in [5.74, 6) is 0.904. The highest BCUT2D eigenvalue weighted by molar-refractivity contribution is 6.05. The number of fused-ring (bicyclic) bond motifs is 4. The fourth-order valence-corrected chi connectivity index (χ4v) is 11.2. The largest absolute Gasteiger partial charge is 0.495 e. The summed E-state index contributed by atoms with van der Waals surface area (Å²) in [6, 6.07) is 10.8. The number of nitrogens with zero attached hydrogens (tertiary/aromatic N) is 9. The van der Waals surface area contributed by atoms with Crippen LogP contribution in [0.1, 0.15) is 89.8 Å². The van der Waals surface area contributed by atoms with Crippen molar-refractivity contribution in [1.82, 2.24) is 39.2 Å². The summed E-state index contributed by atoms with van der Waals surface area (Å²) in [5, 5.41) is 7.74. The van der Waals surface area contributed by atoms with E-state index in [9.17, 15) is 19.2 Å². The summed E-state index contributed by atoms with van der Waals surface area (Å²) in [5.41, 5.74) is 8.02. The predicted octanol–water partition coefficient (Wildman–Crippen LogP) is 5.67. The molecule has 3 fully saturated rings. The Hall–Kier alpha value is -6.36. The molecule has 6 aliphatic heterocycles. The lowest BCUT2D eigenvalue weighted by atomic mass is 9.91. The van der Waals surface area contributed by atoms with E-state index in [0.717, 1.165) is 98.0 Å². The average molecular weight is 887 g/mol. The Balaban J connectivity index is 0.786. The number of imidazole rings is 1. The molecule has 2 aromatic carbocycles. The van der Waals surface area contributed by atoms with Gasteiger partial charge >= 0.3 is 0 Å². The highest BCUT2D eigenvalue weighted by Crippen LogP contribution is 2.46. The number of hydrogen-bond donors (Lipinski definition) is 1. The van der Waals surface area contributed by atoms with Gasteiger partial charge in [-0.2, -0.15) is 5.10 Å². The summed E-state index contributed by atoms with van der Waals surface area (Å²) < 4.78 is 40.0. The molecule has 0 bridgehead atoms. The number of anilines is 3. The van der Waals surface area contributed by atoms with E-state index in [4.69, 9.17) is 9.84 Å². The Bertz CT molecular complexity index is 2750. The number of benzene rings is 2. The van der Waals surface area contributed by atoms with Gasteiger partial charge in [0.25, 0.3) is 12.3 Å². The summed E-state index contributed by atoms with van der Waals surface area (Å²) >= 11 is 0. The average Bonchev–Trinajstić information content (AvgIpc) is 4.01. The molecule has 1 atom stereocenters. The zero-order valence-corrected chi connectivity index (χ0v) is 36.6. The van der Waals surface area contributed by atoms with Crippen LogP contribution in [0.15, 0.2) is 55.0 Å². The molecule has 17 heteroatoms. The van der Waals surface area contributed by atoms with Gasteiger partial charge in [-0.15, -0.1) is 0 Å². The summed E-state index contributed by atoms with van der Waals surface area (Å²) in [6.45, 7) is 8.34. The minimum Gasteiger partial charge on any atom is -0.495 e. The second-order valence-electron chi connectivity index (χ2n) is 18.5. The van der Waals surface area contributed by atoms with Gasteiger partial charge in [-0.25, -0.2) is 13.8 Å². The third-order valence-electron chi connectivity index (χ3n) is 14.6. The number of pyridine rings is 1. The number of nitrogens with one attached hydrogen (secondary N) is 1. The normalized spacial score (nSPS) is 20.6. The van der Waals surface area contributed by atoms with Crippen molar-refractivity contribution >= 4 is 46.5 Å². The standard InChI is InChI=1S/C48H52F2N10O5/c1-28(61)55-16-11-39-38(26-55)46(58-13-3-4-30-19-35(37(45(49)50)20-41(30)58)36-21-43-51-12-17-56(43)27-42(36)65-2)53-60(39)32-9-14-54(15-10-32)22-29-23-57(24-29)33-5-6-34-31(18-33)25-59(48(34)64)40-7-8-44(62)52-47(40)63/h5-6,12,17-21,27,29,32,40,45H,3-4,7-11,13-16,22-26H2,1-2H3,(H,52,62,63). The molecule has 1 N–H and O–H groups in total. The third-order valence-corrected chi connectivity index (χ3v) is 14.6. The molecule has 338 valence electrons. The van der Waals surface area contributed by atoms with Crippen LogP contribution in [0.25, 0.3) is 16.8 Å². The number of likely N-dealkylation sites (tertiary alicyclic amines) is 1. The molecule has 11 rings (SSSR count). The minimum atomic E-state index is -2.74. The number of carbonyl (C=O) groups excluding carboxylic acids is 4. The highest BCUT2D eigenvalue weighted by Gasteiger charge is 2.41. The van der Waals surface area contributed by atoms with Crippen molar-refractivity contribution in [2.75, 3.05) is 62.7 Å². The van der Waals surface area contributed by atoms with Crippen molar-refractivity contribution in [3.05, 3.63) is 88.5 Å². The number of piperidine rings is 2. The number of ether oxygens (including phenoxy) is 1. The number of aryl methyl sites for hydroxylation is 1. The third kappa shape index (κ3) is 7.27. The summed E-state index contributed by atoms with van der Waals surface area (Å²) in [4.78, 5) is 65.0. The van der Waals surface area contributed by atoms with Crippen LogP contribution in [-0.4, -0.2) is 116 Å². The van der Waals surface area contributed by atoms with E-state index in [2.05, 4.69) is 35.7 Å². The number of alkyl halides is 2. The Morgan fingerprint density at radius 3 is 2.52 bits per heavy atom. The van der Waals surface area contributed by atoms with Crippen molar-refractivity contribution in [1.29, 1.82) is 0 Å². The molecule has 15 nitrogen and oxygen atoms in total. The van der Waals surface area contributed by atoms with Crippen molar-refractivity contribution in [2.45, 2.75) is 83.5 Å². The van der Waals surface area contributed by atoms with E-state index < -0.39 is 18.4 Å². The monoisotopic (exact) mass is 886 g/mol. The van der Waals surface area contributed by atoms with Gasteiger partial charge in [0.15, 0.2) is 5.82 Å². The van der Waals surface area contributed by atoms with E-state index in [-0.39, 0.29) is 35.7 Å². The molecule has 5 aromatic rings. The number of rotatable bonds is 9. The van der Waals surface area contributed by atoms with Gasteiger partial charge in [-0.3, -0.25) is 29.2 Å². The maximum atomic E-state index is 15.2. The molecule has 0 radical (unpaired) electrons. The van der Waals surface area contributed by atoms with Crippen LogP contribution in [0.3, 0.4) is 0 Å². The fourth-order valence-electron chi connectivity index (χ4n) is 11.2. The highest BCUT2D eigenvalue weighted by atomic mass is 19.3. The van der Waals surface area contributed by atoms with Crippen molar-refractivity contribution in [3.8, 4) is 16.9 Å². The Labute approximate surface area is 374 Å². The van der Waals surface area contributed by atoms with Crippen molar-refractivity contribution in [2.24, 2.45) is 5.92 Å². The number of carbonyl (C=O) groups is 4. The molecule has 0 spiro atoms. The van der Waals surface area contributed by atoms with E-state index >= 15 is 8.78 Å². The number of aromatic nitrogens is 4. The maximum absolute atomic E-state index is 15.2. The number of methoxy groups -OCH3 is 1. The van der Waals surface area contributed by atoms with E-state index in [0.29, 0.717) is 73.0 Å². The SMILES string of the molecule is COc1cn2ccnc2cc1-c1cc2c(cc1C(F)F)N(c1nn(C3CCN(CC4CN(c5ccc6c(c5)CN(C5CCC(=O)NC5=O)C6=O)C4)CC3)c3c1CN(C(C)=O)CC3)CCC2. The van der Waals surface area contributed by atoms with Crippen LogP contribution in [0, 0.1) is 5.92 Å². The van der Waals surface area contributed by atoms with E-state index in [1.165, 1.54) is 0 Å². The molecule has 0 aliphatic carbocycles. The van der Waals surface area contributed by atoms with Gasteiger partial charge in [-0.05, 0) is 85.2 Å². The molecule has 3 aromatic heterocycles. The molecule has 1 unspecified atom stereocenters. The van der Waals surface area contributed by atoms with Gasteiger partial charge in [0.05, 0.1) is 25.9 Å². The van der Waals surface area contributed by atoms with Crippen LogP contribution in [0.2, 0.25) is 0 Å². The zero-order chi connectivity index (χ0) is 44.7. The first kappa shape index (κ1) is 41.4. The molecule has 4 amide bonds. The first-order valence-corrected chi connectivity index (χ1v) is 22.9. The van der Waals surface area contributed by atoms with Gasteiger partial charge < -0.3 is 33.6 Å². The number of amides is 4. The zero-order valence-electron chi connectivity index (χ0n) is 36.6. The predicted molar refractivity (Wildman–Crippen MR) is 237 cm³/mol. The smallest absolute Gasteiger partial charge is 0.264 e. The molecule has 3 saturated heterocycles. The number of hydrogen-bond acceptors (Lipinski definition) is 10. The summed E-state index contributed by atoms with van der Waals surface area (Å²) in [7, 11) is 1.55. The van der Waals surface area contributed by atoms with Gasteiger partial charge in [0.2, 0.25) is 17.7 Å². The first-order valence-electron chi connectivity index (χ1n) is 22.9. The molecule has 9 heterocycles. The second kappa shape index (κ2) is 16.3. The Kier molecular flexibility index (Phi) is 10.3. The minimum absolute atomic E-state index is 0.00646. The molecule has 6 aliphatic rings. The number of halogens is 2. The summed E-state index contributed by atoms with van der Waals surface area (Å²) in [6.07, 6.45) is 7.18. The van der Waals surface area contributed by atoms with Crippen LogP contribution >= 0.6 is 0 Å².